The van der Waals surface area contributed by atoms with Crippen LogP contribution >= 0.6 is 15.9 Å². The molecule has 0 saturated carbocycles. The third-order valence-corrected chi connectivity index (χ3v) is 3.32. The van der Waals surface area contributed by atoms with Gasteiger partial charge in [0.15, 0.2) is 16.3 Å². The summed E-state index contributed by atoms with van der Waals surface area (Å²) in [4.78, 5) is 0. The van der Waals surface area contributed by atoms with Gasteiger partial charge in [-0.25, -0.2) is 8.78 Å². The Kier molecular flexibility index (Phi) is 4.11. The third-order valence-electron chi connectivity index (χ3n) is 2.68. The fraction of sp³-hybridized carbons (Fsp3) is 0.167. The largest absolute Gasteiger partial charge is 0.457 e. The first-order chi connectivity index (χ1) is 8.63. The van der Waals surface area contributed by atoms with Gasteiger partial charge in [-0.1, -0.05) is 12.1 Å². The van der Waals surface area contributed by atoms with Crippen molar-refractivity contribution in [2.45, 2.75) is 12.5 Å². The minimum Gasteiger partial charge on any atom is -0.457 e. The van der Waals surface area contributed by atoms with E-state index in [0.29, 0.717) is 4.67 Å². The molecule has 0 aliphatic heterocycles. The van der Waals surface area contributed by atoms with E-state index in [-0.39, 0.29) is 18.0 Å². The van der Waals surface area contributed by atoms with Crippen molar-refractivity contribution < 1.29 is 13.2 Å². The highest BCUT2D eigenvalue weighted by molar-refractivity contribution is 9.10. The van der Waals surface area contributed by atoms with Gasteiger partial charge in [0.25, 0.3) is 0 Å². The summed E-state index contributed by atoms with van der Waals surface area (Å²) in [6.07, 6.45) is 1.71. The molecule has 0 bridgehead atoms. The lowest BCUT2D eigenvalue weighted by atomic mass is 10.0. The first kappa shape index (κ1) is 13.2. The normalized spacial score (nSPS) is 12.7. The molecule has 1 aromatic carbocycles. The molecule has 3 N–H and O–H groups in total. The molecule has 2 aromatic rings. The van der Waals surface area contributed by atoms with Crippen molar-refractivity contribution in [3.05, 3.63) is 58.0 Å². The van der Waals surface area contributed by atoms with E-state index < -0.39 is 11.6 Å². The number of nitrogens with two attached hydrogens (primary N) is 1. The molecule has 0 aliphatic carbocycles. The molecule has 0 fully saturated rings. The monoisotopic (exact) mass is 316 g/mol. The number of furan rings is 1. The first-order valence-corrected chi connectivity index (χ1v) is 6.04. The third kappa shape index (κ3) is 2.60. The molecule has 0 amide bonds. The topological polar surface area (TPSA) is 51.2 Å². The maximum atomic E-state index is 13.6. The average molecular weight is 317 g/mol. The van der Waals surface area contributed by atoms with Gasteiger partial charge >= 0.3 is 0 Å². The van der Waals surface area contributed by atoms with Crippen LogP contribution in [0.1, 0.15) is 17.2 Å². The van der Waals surface area contributed by atoms with Crippen LogP contribution in [-0.2, 0) is 6.42 Å². The zero-order chi connectivity index (χ0) is 13.1. The van der Waals surface area contributed by atoms with E-state index in [1.165, 1.54) is 18.4 Å². The number of hydrogen-bond acceptors (Lipinski definition) is 3. The summed E-state index contributed by atoms with van der Waals surface area (Å²) >= 11 is 3.22. The summed E-state index contributed by atoms with van der Waals surface area (Å²) in [5.74, 6) is 3.72. The molecule has 0 spiro atoms. The number of hydrogen-bond donors (Lipinski definition) is 2. The second-order valence-corrected chi connectivity index (χ2v) is 4.51. The van der Waals surface area contributed by atoms with Gasteiger partial charge in [-0.2, -0.15) is 0 Å². The lowest BCUT2D eigenvalue weighted by Crippen LogP contribution is -2.29. The average Bonchev–Trinajstić information content (AvgIpc) is 2.77. The number of hydrazine groups is 1. The molecule has 3 nitrogen and oxygen atoms in total. The van der Waals surface area contributed by atoms with E-state index in [1.54, 1.807) is 6.07 Å². The van der Waals surface area contributed by atoms with E-state index in [1.807, 2.05) is 0 Å². The molecule has 18 heavy (non-hydrogen) atoms. The van der Waals surface area contributed by atoms with Gasteiger partial charge in [0, 0.05) is 5.56 Å². The van der Waals surface area contributed by atoms with Crippen LogP contribution in [0.4, 0.5) is 8.78 Å². The van der Waals surface area contributed by atoms with Crippen molar-refractivity contribution in [1.82, 2.24) is 5.43 Å². The van der Waals surface area contributed by atoms with E-state index in [0.717, 1.165) is 11.6 Å². The first-order valence-electron chi connectivity index (χ1n) is 5.25. The Morgan fingerprint density at radius 3 is 2.72 bits per heavy atom. The number of nitrogens with one attached hydrogen (secondary N) is 1. The van der Waals surface area contributed by atoms with Crippen LogP contribution in [0.15, 0.2) is 39.6 Å². The zero-order valence-corrected chi connectivity index (χ0v) is 10.9. The molecular formula is C12H11BrF2N2O. The predicted molar refractivity (Wildman–Crippen MR) is 66.5 cm³/mol. The quantitative estimate of drug-likeness (QED) is 0.673. The van der Waals surface area contributed by atoms with Crippen LogP contribution in [0.2, 0.25) is 0 Å². The predicted octanol–water partition coefficient (Wildman–Crippen LogP) is 3.07. The molecule has 6 heteroatoms. The van der Waals surface area contributed by atoms with E-state index in [9.17, 15) is 8.78 Å². The van der Waals surface area contributed by atoms with E-state index in [2.05, 4.69) is 21.4 Å². The van der Waals surface area contributed by atoms with E-state index in [4.69, 9.17) is 10.3 Å². The molecule has 1 atom stereocenters. The van der Waals surface area contributed by atoms with Crippen molar-refractivity contribution >= 4 is 15.9 Å². The van der Waals surface area contributed by atoms with Crippen LogP contribution in [0.25, 0.3) is 0 Å². The summed E-state index contributed by atoms with van der Waals surface area (Å²) in [6.45, 7) is 0. The van der Waals surface area contributed by atoms with Crippen molar-refractivity contribution in [3.63, 3.8) is 0 Å². The molecule has 0 radical (unpaired) electrons. The van der Waals surface area contributed by atoms with Crippen LogP contribution in [-0.4, -0.2) is 0 Å². The highest BCUT2D eigenvalue weighted by Crippen LogP contribution is 2.27. The molecule has 96 valence electrons. The van der Waals surface area contributed by atoms with Gasteiger partial charge in [-0.05, 0) is 40.0 Å². The number of halogens is 3. The van der Waals surface area contributed by atoms with Gasteiger partial charge in [0.05, 0.1) is 12.3 Å². The summed E-state index contributed by atoms with van der Waals surface area (Å²) in [6, 6.07) is 5.42. The summed E-state index contributed by atoms with van der Waals surface area (Å²) < 4.78 is 32.3. The Balaban J connectivity index is 2.26. The van der Waals surface area contributed by atoms with Crippen LogP contribution in [0.5, 0.6) is 0 Å². The number of rotatable bonds is 4. The molecule has 1 aromatic heterocycles. The van der Waals surface area contributed by atoms with Gasteiger partial charge < -0.3 is 4.42 Å². The van der Waals surface area contributed by atoms with E-state index >= 15 is 0 Å². The van der Waals surface area contributed by atoms with Gasteiger partial charge in [-0.3, -0.25) is 11.3 Å². The Labute approximate surface area is 111 Å². The SMILES string of the molecule is NNC(Cc1cccc(F)c1F)c1ccoc1Br. The molecule has 0 aliphatic rings. The summed E-state index contributed by atoms with van der Waals surface area (Å²) in [7, 11) is 0. The second-order valence-electron chi connectivity index (χ2n) is 3.79. The Morgan fingerprint density at radius 2 is 2.11 bits per heavy atom. The Morgan fingerprint density at radius 1 is 1.33 bits per heavy atom. The maximum absolute atomic E-state index is 13.6. The Bertz CT molecular complexity index is 545. The van der Waals surface area contributed by atoms with Crippen LogP contribution in [0.3, 0.4) is 0 Å². The molecule has 1 unspecified atom stereocenters. The van der Waals surface area contributed by atoms with Gasteiger partial charge in [-0.15, -0.1) is 0 Å². The van der Waals surface area contributed by atoms with Crippen molar-refractivity contribution in [2.75, 3.05) is 0 Å². The summed E-state index contributed by atoms with van der Waals surface area (Å²) in [5.41, 5.74) is 3.57. The maximum Gasteiger partial charge on any atom is 0.173 e. The smallest absolute Gasteiger partial charge is 0.173 e. The van der Waals surface area contributed by atoms with Crippen molar-refractivity contribution in [2.24, 2.45) is 5.84 Å². The fourth-order valence-corrected chi connectivity index (χ4v) is 2.25. The molecular weight excluding hydrogens is 306 g/mol. The summed E-state index contributed by atoms with van der Waals surface area (Å²) in [5, 5.41) is 0. The minimum atomic E-state index is -0.866. The highest BCUT2D eigenvalue weighted by atomic mass is 79.9. The lowest BCUT2D eigenvalue weighted by molar-refractivity contribution is 0.475. The van der Waals surface area contributed by atoms with Gasteiger partial charge in [0.2, 0.25) is 0 Å². The molecule has 1 heterocycles. The zero-order valence-electron chi connectivity index (χ0n) is 9.29. The van der Waals surface area contributed by atoms with Crippen LogP contribution < -0.4 is 11.3 Å². The number of benzene rings is 1. The Hall–Kier alpha value is -1.24. The van der Waals surface area contributed by atoms with Crippen molar-refractivity contribution in [1.29, 1.82) is 0 Å². The fourth-order valence-electron chi connectivity index (χ4n) is 1.74. The molecule has 0 saturated heterocycles. The highest BCUT2D eigenvalue weighted by Gasteiger charge is 2.18. The second kappa shape index (κ2) is 5.60. The lowest BCUT2D eigenvalue weighted by Gasteiger charge is -2.15. The van der Waals surface area contributed by atoms with Crippen LogP contribution in [0, 0.1) is 11.6 Å². The standard InChI is InChI=1S/C12H11BrF2N2O/c13-12-8(4-5-18-12)10(17-16)6-7-2-1-3-9(14)11(7)15/h1-5,10,17H,6,16H2. The van der Waals surface area contributed by atoms with Gasteiger partial charge in [0.1, 0.15) is 0 Å². The minimum absolute atomic E-state index is 0.220. The molecule has 2 rings (SSSR count). The van der Waals surface area contributed by atoms with Crippen molar-refractivity contribution in [3.8, 4) is 0 Å².